The molecule has 0 aliphatic heterocycles. The number of hydrogen-bond acceptors (Lipinski definition) is 1. The summed E-state index contributed by atoms with van der Waals surface area (Å²) in [5.74, 6) is 3.63. The van der Waals surface area contributed by atoms with Crippen molar-refractivity contribution < 1.29 is 4.79 Å². The smallest absolute Gasteiger partial charge is 0.138 e. The number of fused-ring (bicyclic) bond motifs is 4. The third kappa shape index (κ3) is 3.33. The molecule has 0 saturated heterocycles. The highest BCUT2D eigenvalue weighted by atomic mass is 16.1. The van der Waals surface area contributed by atoms with E-state index in [2.05, 4.69) is 55.4 Å². The third-order valence-electron chi connectivity index (χ3n) is 11.7. The van der Waals surface area contributed by atoms with Gasteiger partial charge >= 0.3 is 0 Å². The molecule has 1 nitrogen and oxygen atoms in total. The number of carbonyl (C=O) groups excluding carboxylic acids is 1. The summed E-state index contributed by atoms with van der Waals surface area (Å²) in [6.07, 6.45) is 14.1. The zero-order valence-corrected chi connectivity index (χ0v) is 22.0. The summed E-state index contributed by atoms with van der Waals surface area (Å²) in [6.45, 7) is 19.7. The van der Waals surface area contributed by atoms with E-state index in [1.54, 1.807) is 0 Å². The number of carbonyl (C=O) groups is 1. The van der Waals surface area contributed by atoms with Crippen LogP contribution in [0.15, 0.2) is 11.1 Å². The van der Waals surface area contributed by atoms with Gasteiger partial charge < -0.3 is 0 Å². The Balaban J connectivity index is 1.63. The first-order valence-corrected chi connectivity index (χ1v) is 13.6. The summed E-state index contributed by atoms with van der Waals surface area (Å²) in [5, 5.41) is 0. The average molecular weight is 427 g/mol. The van der Waals surface area contributed by atoms with Crippen molar-refractivity contribution in [3.8, 4) is 0 Å². The normalized spacial score (nSPS) is 42.9. The van der Waals surface area contributed by atoms with E-state index in [0.29, 0.717) is 22.5 Å². The van der Waals surface area contributed by atoms with E-state index in [1.165, 1.54) is 57.8 Å². The maximum Gasteiger partial charge on any atom is 0.138 e. The highest BCUT2D eigenvalue weighted by Gasteiger charge is 2.63. The molecular weight excluding hydrogens is 376 g/mol. The molecule has 1 heteroatoms. The van der Waals surface area contributed by atoms with Crippen molar-refractivity contribution in [2.24, 2.45) is 45.3 Å². The van der Waals surface area contributed by atoms with Crippen molar-refractivity contribution >= 4 is 5.78 Å². The van der Waals surface area contributed by atoms with Crippen molar-refractivity contribution in [1.29, 1.82) is 0 Å². The Kier molecular flexibility index (Phi) is 5.88. The number of ketones is 1. The Labute approximate surface area is 193 Å². The van der Waals surface area contributed by atoms with E-state index in [1.807, 2.05) is 11.1 Å². The Bertz CT molecular complexity index is 756. The van der Waals surface area contributed by atoms with Crippen molar-refractivity contribution in [2.45, 2.75) is 126 Å². The molecule has 0 spiro atoms. The van der Waals surface area contributed by atoms with Crippen LogP contribution in [0, 0.1) is 45.3 Å². The fourth-order valence-corrected chi connectivity index (χ4v) is 9.49. The summed E-state index contributed by atoms with van der Waals surface area (Å²) in [4.78, 5) is 12.8. The van der Waals surface area contributed by atoms with E-state index in [0.717, 1.165) is 30.6 Å². The fourth-order valence-electron chi connectivity index (χ4n) is 9.49. The van der Waals surface area contributed by atoms with Gasteiger partial charge in [0.25, 0.3) is 0 Å². The molecule has 0 N–H and O–H groups in total. The molecule has 2 saturated carbocycles. The molecule has 4 aliphatic rings. The molecule has 6 atom stereocenters. The number of Topliss-reactive ketones (excluding diaryl/α,β-unsaturated/α-hetero) is 1. The van der Waals surface area contributed by atoms with E-state index >= 15 is 0 Å². The maximum absolute atomic E-state index is 12.8. The quantitative estimate of drug-likeness (QED) is 0.401. The van der Waals surface area contributed by atoms with Crippen LogP contribution in [-0.2, 0) is 4.79 Å². The molecule has 0 aromatic rings. The highest BCUT2D eigenvalue weighted by Crippen LogP contribution is 2.72. The topological polar surface area (TPSA) is 17.1 Å². The lowest BCUT2D eigenvalue weighted by atomic mass is 9.43. The van der Waals surface area contributed by atoms with Crippen LogP contribution in [0.4, 0.5) is 0 Å². The summed E-state index contributed by atoms with van der Waals surface area (Å²) < 4.78 is 0. The molecule has 0 aromatic carbocycles. The van der Waals surface area contributed by atoms with Gasteiger partial charge in [0.15, 0.2) is 0 Å². The van der Waals surface area contributed by atoms with Gasteiger partial charge in [0.05, 0.1) is 0 Å². The average Bonchev–Trinajstić information content (AvgIpc) is 2.96. The first kappa shape index (κ1) is 23.6. The summed E-state index contributed by atoms with van der Waals surface area (Å²) in [6, 6.07) is 0. The van der Waals surface area contributed by atoms with Gasteiger partial charge in [-0.15, -0.1) is 0 Å². The largest absolute Gasteiger partial charge is 0.299 e. The minimum Gasteiger partial charge on any atom is -0.299 e. The van der Waals surface area contributed by atoms with Gasteiger partial charge in [-0.3, -0.25) is 4.79 Å². The predicted octanol–water partition coefficient (Wildman–Crippen LogP) is 8.77. The van der Waals surface area contributed by atoms with Crippen molar-refractivity contribution in [2.75, 3.05) is 0 Å². The van der Waals surface area contributed by atoms with Crippen LogP contribution in [0.2, 0.25) is 0 Å². The first-order valence-electron chi connectivity index (χ1n) is 13.6. The summed E-state index contributed by atoms with van der Waals surface area (Å²) >= 11 is 0. The van der Waals surface area contributed by atoms with Crippen LogP contribution in [0.3, 0.4) is 0 Å². The Hall–Kier alpha value is -0.590. The second-order valence-corrected chi connectivity index (χ2v) is 13.8. The lowest BCUT2D eigenvalue weighted by Crippen LogP contribution is -2.53. The van der Waals surface area contributed by atoms with Crippen LogP contribution in [0.25, 0.3) is 0 Å². The standard InChI is InChI=1S/C30H50O/c1-20(2)10-9-11-21(3)22-14-18-30(8)24-12-13-25-27(4,5)26(31)16-17-28(25,6)23(24)15-19-29(22,30)7/h20-22,25H,9-19H2,1-8H3/t21-,22-,25-,28+,29+,30+/m0/s1. The molecule has 4 aliphatic carbocycles. The molecule has 0 heterocycles. The fraction of sp³-hybridized carbons (Fsp3) is 0.900. The van der Waals surface area contributed by atoms with Crippen molar-refractivity contribution in [3.05, 3.63) is 11.1 Å². The molecular formula is C30H50O. The monoisotopic (exact) mass is 426 g/mol. The van der Waals surface area contributed by atoms with Gasteiger partial charge in [-0.25, -0.2) is 0 Å². The van der Waals surface area contributed by atoms with Gasteiger partial charge in [0.1, 0.15) is 5.78 Å². The highest BCUT2D eigenvalue weighted by molar-refractivity contribution is 5.85. The van der Waals surface area contributed by atoms with Gasteiger partial charge in [-0.2, -0.15) is 0 Å². The lowest BCUT2D eigenvalue weighted by Gasteiger charge is -2.61. The zero-order chi connectivity index (χ0) is 22.8. The van der Waals surface area contributed by atoms with Crippen LogP contribution >= 0.6 is 0 Å². The SMILES string of the molecule is CC(C)CCC[C@H](C)[C@@H]1CC[C@]2(C)C3=C(CC[C@]12C)[C@@]1(C)CCC(=O)C(C)(C)[C@@H]1CC3. The molecule has 31 heavy (non-hydrogen) atoms. The minimum atomic E-state index is -0.143. The van der Waals surface area contributed by atoms with E-state index < -0.39 is 0 Å². The maximum atomic E-state index is 12.8. The molecule has 2 fully saturated rings. The van der Waals surface area contributed by atoms with E-state index in [4.69, 9.17) is 0 Å². The number of allylic oxidation sites excluding steroid dienone is 2. The second-order valence-electron chi connectivity index (χ2n) is 13.8. The van der Waals surface area contributed by atoms with Gasteiger partial charge in [-0.05, 0) is 84.9 Å². The Morgan fingerprint density at radius 3 is 2.23 bits per heavy atom. The van der Waals surface area contributed by atoms with Crippen molar-refractivity contribution in [1.82, 2.24) is 0 Å². The molecule has 0 unspecified atom stereocenters. The van der Waals surface area contributed by atoms with E-state index in [-0.39, 0.29) is 10.8 Å². The Morgan fingerprint density at radius 1 is 0.839 bits per heavy atom. The predicted molar refractivity (Wildman–Crippen MR) is 132 cm³/mol. The number of hydrogen-bond donors (Lipinski definition) is 0. The van der Waals surface area contributed by atoms with Crippen LogP contribution < -0.4 is 0 Å². The second kappa shape index (κ2) is 7.73. The van der Waals surface area contributed by atoms with Crippen LogP contribution in [-0.4, -0.2) is 5.78 Å². The van der Waals surface area contributed by atoms with Crippen LogP contribution in [0.5, 0.6) is 0 Å². The molecule has 4 rings (SSSR count). The third-order valence-corrected chi connectivity index (χ3v) is 11.7. The molecule has 0 bridgehead atoms. The lowest BCUT2D eigenvalue weighted by molar-refractivity contribution is -0.139. The molecule has 0 amide bonds. The summed E-state index contributed by atoms with van der Waals surface area (Å²) in [5.41, 5.74) is 4.65. The van der Waals surface area contributed by atoms with E-state index in [9.17, 15) is 4.79 Å². The van der Waals surface area contributed by atoms with Crippen LogP contribution in [0.1, 0.15) is 126 Å². The first-order chi connectivity index (χ1) is 14.4. The Morgan fingerprint density at radius 2 is 1.55 bits per heavy atom. The van der Waals surface area contributed by atoms with Gasteiger partial charge in [-0.1, -0.05) is 85.8 Å². The van der Waals surface area contributed by atoms with Gasteiger partial charge in [0, 0.05) is 11.8 Å². The zero-order valence-electron chi connectivity index (χ0n) is 22.0. The van der Waals surface area contributed by atoms with Gasteiger partial charge in [0.2, 0.25) is 0 Å². The minimum absolute atomic E-state index is 0.143. The summed E-state index contributed by atoms with van der Waals surface area (Å²) in [7, 11) is 0. The van der Waals surface area contributed by atoms with Crippen molar-refractivity contribution in [3.63, 3.8) is 0 Å². The number of rotatable bonds is 5. The molecule has 0 radical (unpaired) electrons. The molecule has 0 aromatic heterocycles. The molecule has 176 valence electrons.